The third-order valence-electron chi connectivity index (χ3n) is 4.28. The zero-order chi connectivity index (χ0) is 23.2. The number of hydrogen-bond acceptors (Lipinski definition) is 4. The molecule has 0 aliphatic rings. The lowest BCUT2D eigenvalue weighted by Gasteiger charge is -2.18. The molecule has 0 saturated heterocycles. The molecule has 0 saturated carbocycles. The van der Waals surface area contributed by atoms with Gasteiger partial charge in [-0.05, 0) is 69.0 Å². The second-order valence-corrected chi connectivity index (χ2v) is 10.9. The molecule has 172 valence electrons. The third kappa shape index (κ3) is 9.16. The quantitative estimate of drug-likeness (QED) is 0.356. The van der Waals surface area contributed by atoms with Crippen LogP contribution < -0.4 is 5.73 Å². The van der Waals surface area contributed by atoms with Crippen LogP contribution in [-0.4, -0.2) is 23.2 Å². The highest BCUT2D eigenvalue weighted by Crippen LogP contribution is 2.44. The van der Waals surface area contributed by atoms with Crippen LogP contribution in [0.15, 0.2) is 52.3 Å². The summed E-state index contributed by atoms with van der Waals surface area (Å²) in [4.78, 5) is 11.0. The Balaban J connectivity index is 1.91. The van der Waals surface area contributed by atoms with Crippen LogP contribution in [0, 0.1) is 0 Å². The number of halogens is 4. The van der Waals surface area contributed by atoms with Gasteiger partial charge in [-0.25, -0.2) is 0 Å². The lowest BCUT2D eigenvalue weighted by molar-refractivity contribution is -0.137. The maximum atomic E-state index is 12.9. The summed E-state index contributed by atoms with van der Waals surface area (Å²) < 4.78 is 55.6. The predicted octanol–water partition coefficient (Wildman–Crippen LogP) is 6.77. The SMILES string of the molecule is CC(C)OP(=O)(O)C[C@H](N)CCCc1ccc(Sc2cccc(C(F)(F)F)c2)cc1Cl. The van der Waals surface area contributed by atoms with Gasteiger partial charge in [-0.2, -0.15) is 13.2 Å². The Morgan fingerprint density at radius 1 is 1.19 bits per heavy atom. The van der Waals surface area contributed by atoms with Crippen LogP contribution in [0.25, 0.3) is 0 Å². The van der Waals surface area contributed by atoms with Crippen molar-refractivity contribution in [2.24, 2.45) is 5.73 Å². The molecule has 31 heavy (non-hydrogen) atoms. The minimum atomic E-state index is -4.39. The van der Waals surface area contributed by atoms with E-state index in [4.69, 9.17) is 21.9 Å². The van der Waals surface area contributed by atoms with E-state index in [9.17, 15) is 22.6 Å². The summed E-state index contributed by atoms with van der Waals surface area (Å²) in [5, 5.41) is 0.515. The standard InChI is InChI=1S/C21H26ClF3NO3PS/c1-14(2)29-30(27,28)13-17(26)7-3-5-15-9-10-19(12-20(15)22)31-18-8-4-6-16(11-18)21(23,24)25/h4,6,8-12,14,17H,3,5,7,13,26H2,1-2H3,(H,27,28)/t17-/m1/s1. The Hall–Kier alpha value is -1.02. The first kappa shape index (κ1) is 26.2. The Kier molecular flexibility index (Phi) is 9.49. The molecule has 0 aromatic heterocycles. The molecule has 10 heteroatoms. The van der Waals surface area contributed by atoms with E-state index in [0.29, 0.717) is 29.2 Å². The summed E-state index contributed by atoms with van der Waals surface area (Å²) in [5.41, 5.74) is 6.15. The predicted molar refractivity (Wildman–Crippen MR) is 119 cm³/mol. The lowest BCUT2D eigenvalue weighted by atomic mass is 10.1. The molecule has 3 N–H and O–H groups in total. The van der Waals surface area contributed by atoms with Gasteiger partial charge < -0.3 is 15.2 Å². The normalized spacial score (nSPS) is 15.1. The van der Waals surface area contributed by atoms with Crippen molar-refractivity contribution in [1.29, 1.82) is 0 Å². The Bertz CT molecular complexity index is 927. The summed E-state index contributed by atoms with van der Waals surface area (Å²) >= 11 is 7.55. The largest absolute Gasteiger partial charge is 0.416 e. The second kappa shape index (κ2) is 11.2. The summed E-state index contributed by atoms with van der Waals surface area (Å²) in [6, 6.07) is 10.0. The second-order valence-electron chi connectivity index (χ2n) is 7.51. The van der Waals surface area contributed by atoms with E-state index >= 15 is 0 Å². The molecule has 2 aromatic carbocycles. The average Bonchev–Trinajstić information content (AvgIpc) is 2.61. The van der Waals surface area contributed by atoms with Gasteiger partial charge in [0, 0.05) is 20.9 Å². The summed E-state index contributed by atoms with van der Waals surface area (Å²) in [6.07, 6.45) is -3.02. The summed E-state index contributed by atoms with van der Waals surface area (Å²) in [6.45, 7) is 3.37. The first-order valence-electron chi connectivity index (χ1n) is 9.75. The van der Waals surface area contributed by atoms with E-state index in [-0.39, 0.29) is 12.3 Å². The van der Waals surface area contributed by atoms with E-state index in [1.165, 1.54) is 17.8 Å². The summed E-state index contributed by atoms with van der Waals surface area (Å²) in [7, 11) is -3.70. The minimum Gasteiger partial charge on any atom is -0.327 e. The van der Waals surface area contributed by atoms with E-state index in [0.717, 1.165) is 22.6 Å². The zero-order valence-electron chi connectivity index (χ0n) is 17.2. The van der Waals surface area contributed by atoms with Crippen molar-refractivity contribution in [3.05, 3.63) is 58.6 Å². The number of alkyl halides is 3. The molecule has 0 amide bonds. The highest BCUT2D eigenvalue weighted by molar-refractivity contribution is 7.99. The monoisotopic (exact) mass is 495 g/mol. The Labute approximate surface area is 189 Å². The number of nitrogens with two attached hydrogens (primary N) is 1. The van der Waals surface area contributed by atoms with Crippen LogP contribution >= 0.6 is 31.0 Å². The van der Waals surface area contributed by atoms with Gasteiger partial charge in [-0.3, -0.25) is 4.57 Å². The van der Waals surface area contributed by atoms with Gasteiger partial charge in [-0.1, -0.05) is 35.5 Å². The maximum absolute atomic E-state index is 12.9. The van der Waals surface area contributed by atoms with Gasteiger partial charge in [0.25, 0.3) is 0 Å². The molecule has 0 aliphatic carbocycles. The maximum Gasteiger partial charge on any atom is 0.416 e. The molecule has 0 radical (unpaired) electrons. The Morgan fingerprint density at radius 2 is 1.87 bits per heavy atom. The number of benzene rings is 2. The summed E-state index contributed by atoms with van der Waals surface area (Å²) in [5.74, 6) is 0. The van der Waals surface area contributed by atoms with Crippen molar-refractivity contribution in [2.45, 2.75) is 61.2 Å². The third-order valence-corrected chi connectivity index (χ3v) is 7.30. The van der Waals surface area contributed by atoms with E-state index in [1.807, 2.05) is 12.1 Å². The fourth-order valence-electron chi connectivity index (χ4n) is 2.98. The van der Waals surface area contributed by atoms with Gasteiger partial charge in [0.05, 0.1) is 17.8 Å². The molecule has 1 unspecified atom stereocenters. The van der Waals surface area contributed by atoms with Crippen LogP contribution in [0.2, 0.25) is 5.02 Å². The molecule has 0 spiro atoms. The first-order valence-corrected chi connectivity index (χ1v) is 12.7. The molecule has 2 atom stereocenters. The molecule has 0 bridgehead atoms. The van der Waals surface area contributed by atoms with Crippen molar-refractivity contribution < 1.29 is 27.2 Å². The number of aryl methyl sites for hydroxylation is 1. The molecule has 2 rings (SSSR count). The van der Waals surface area contributed by atoms with E-state index in [1.54, 1.807) is 26.0 Å². The highest BCUT2D eigenvalue weighted by Gasteiger charge is 2.30. The van der Waals surface area contributed by atoms with Gasteiger partial charge in [0.15, 0.2) is 0 Å². The van der Waals surface area contributed by atoms with Crippen LogP contribution in [0.1, 0.15) is 37.8 Å². The lowest BCUT2D eigenvalue weighted by Crippen LogP contribution is -2.25. The number of rotatable bonds is 10. The first-order chi connectivity index (χ1) is 14.4. The molecule has 0 aliphatic heterocycles. The van der Waals surface area contributed by atoms with Crippen molar-refractivity contribution in [3.63, 3.8) is 0 Å². The fourth-order valence-corrected chi connectivity index (χ4v) is 5.76. The van der Waals surface area contributed by atoms with Crippen molar-refractivity contribution in [1.82, 2.24) is 0 Å². The van der Waals surface area contributed by atoms with Crippen LogP contribution in [0.4, 0.5) is 13.2 Å². The van der Waals surface area contributed by atoms with Crippen LogP contribution in [0.3, 0.4) is 0 Å². The van der Waals surface area contributed by atoms with E-state index in [2.05, 4.69) is 0 Å². The average molecular weight is 496 g/mol. The fraction of sp³-hybridized carbons (Fsp3) is 0.429. The molecule has 2 aromatic rings. The van der Waals surface area contributed by atoms with Gasteiger partial charge in [0.1, 0.15) is 0 Å². The smallest absolute Gasteiger partial charge is 0.327 e. The van der Waals surface area contributed by atoms with Gasteiger partial charge >= 0.3 is 13.8 Å². The number of hydrogen-bond donors (Lipinski definition) is 2. The highest BCUT2D eigenvalue weighted by atomic mass is 35.5. The topological polar surface area (TPSA) is 72.5 Å². The van der Waals surface area contributed by atoms with Gasteiger partial charge in [0.2, 0.25) is 0 Å². The molecule has 0 heterocycles. The van der Waals surface area contributed by atoms with Gasteiger partial charge in [-0.15, -0.1) is 0 Å². The van der Waals surface area contributed by atoms with Crippen molar-refractivity contribution in [2.75, 3.05) is 6.16 Å². The molecular formula is C21H26ClF3NO3PS. The van der Waals surface area contributed by atoms with Crippen LogP contribution in [-0.2, 0) is 21.7 Å². The minimum absolute atomic E-state index is 0.106. The van der Waals surface area contributed by atoms with Crippen molar-refractivity contribution >= 4 is 31.0 Å². The van der Waals surface area contributed by atoms with Crippen LogP contribution in [0.5, 0.6) is 0 Å². The Morgan fingerprint density at radius 3 is 2.48 bits per heavy atom. The molecule has 0 fully saturated rings. The van der Waals surface area contributed by atoms with Crippen molar-refractivity contribution in [3.8, 4) is 0 Å². The molecule has 4 nitrogen and oxygen atoms in total. The molecular weight excluding hydrogens is 470 g/mol. The zero-order valence-corrected chi connectivity index (χ0v) is 19.7. The van der Waals surface area contributed by atoms with E-state index < -0.39 is 25.4 Å².